The number of amides is 1. The van der Waals surface area contributed by atoms with Crippen LogP contribution in [0.3, 0.4) is 0 Å². The summed E-state index contributed by atoms with van der Waals surface area (Å²) in [6.45, 7) is 1.29. The molecule has 8 heteroatoms. The lowest BCUT2D eigenvalue weighted by Crippen LogP contribution is -2.54. The van der Waals surface area contributed by atoms with Gasteiger partial charge in [-0.2, -0.15) is 5.10 Å². The predicted molar refractivity (Wildman–Crippen MR) is 117 cm³/mol. The molecular weight excluding hydrogens is 429 g/mol. The topological polar surface area (TPSA) is 53.9 Å². The van der Waals surface area contributed by atoms with Crippen LogP contribution in [0.5, 0.6) is 0 Å². The first kappa shape index (κ1) is 20.1. The number of halogens is 3. The Morgan fingerprint density at radius 1 is 1.03 bits per heavy atom. The van der Waals surface area contributed by atoms with Crippen molar-refractivity contribution in [3.05, 3.63) is 77.9 Å². The van der Waals surface area contributed by atoms with E-state index in [-0.39, 0.29) is 35.1 Å². The number of H-pyrrole nitrogens is 1. The van der Waals surface area contributed by atoms with Crippen molar-refractivity contribution in [1.29, 1.82) is 0 Å². The number of aromatic amines is 1. The number of likely N-dealkylation sites (tertiary alicyclic amines) is 1. The van der Waals surface area contributed by atoms with E-state index in [1.54, 1.807) is 18.3 Å². The predicted octanol–water partition coefficient (Wildman–Crippen LogP) is 5.03. The Balaban J connectivity index is 1.25. The van der Waals surface area contributed by atoms with E-state index < -0.39 is 11.6 Å². The van der Waals surface area contributed by atoms with E-state index in [2.05, 4.69) is 10.1 Å². The van der Waals surface area contributed by atoms with E-state index in [9.17, 15) is 18.0 Å². The molecule has 0 spiro atoms. The Hall–Kier alpha value is -3.55. The van der Waals surface area contributed by atoms with Gasteiger partial charge in [0.2, 0.25) is 5.91 Å². The van der Waals surface area contributed by atoms with Crippen LogP contribution in [0, 0.1) is 23.4 Å². The third-order valence-electron chi connectivity index (χ3n) is 6.97. The van der Waals surface area contributed by atoms with Gasteiger partial charge in [0, 0.05) is 42.9 Å². The van der Waals surface area contributed by atoms with Gasteiger partial charge in [-0.15, -0.1) is 0 Å². The highest BCUT2D eigenvalue weighted by molar-refractivity contribution is 5.92. The fourth-order valence-electron chi connectivity index (χ4n) is 5.12. The summed E-state index contributed by atoms with van der Waals surface area (Å²) in [5.41, 5.74) is 2.36. The van der Waals surface area contributed by atoms with Crippen molar-refractivity contribution in [2.75, 3.05) is 13.1 Å². The lowest BCUT2D eigenvalue weighted by Gasteiger charge is -2.44. The number of hydrogen-bond acceptors (Lipinski definition) is 2. The second-order valence-electron chi connectivity index (χ2n) is 8.98. The number of fused-ring (bicyclic) bond motifs is 1. The number of carbonyl (C=O) groups is 1. The number of aromatic nitrogens is 3. The number of hydrogen-bond donors (Lipinski definition) is 1. The second-order valence-corrected chi connectivity index (χ2v) is 8.98. The molecule has 168 valence electrons. The van der Waals surface area contributed by atoms with Crippen molar-refractivity contribution >= 4 is 16.8 Å². The number of benzene rings is 2. The first-order valence-corrected chi connectivity index (χ1v) is 11.0. The molecular formula is C25H21F3N4O. The Kier molecular flexibility index (Phi) is 4.57. The minimum absolute atomic E-state index is 0.0165. The van der Waals surface area contributed by atoms with Gasteiger partial charge in [0.05, 0.1) is 17.3 Å². The summed E-state index contributed by atoms with van der Waals surface area (Å²) in [5, 5.41) is 4.71. The molecule has 6 rings (SSSR count). The largest absolute Gasteiger partial charge is 0.352 e. The highest BCUT2D eigenvalue weighted by atomic mass is 19.1. The highest BCUT2D eigenvalue weighted by Gasteiger charge is 2.43. The average Bonchev–Trinajstić information content (AvgIpc) is 3.36. The van der Waals surface area contributed by atoms with Crippen molar-refractivity contribution in [3.8, 4) is 11.3 Å². The number of nitrogens with one attached hydrogen (secondary N) is 1. The molecule has 0 unspecified atom stereocenters. The van der Waals surface area contributed by atoms with Crippen molar-refractivity contribution in [3.63, 3.8) is 0 Å². The van der Waals surface area contributed by atoms with Crippen molar-refractivity contribution in [2.45, 2.75) is 24.8 Å². The van der Waals surface area contributed by atoms with Gasteiger partial charge in [0.25, 0.3) is 0 Å². The van der Waals surface area contributed by atoms with Gasteiger partial charge < -0.3 is 9.88 Å². The molecule has 1 aliphatic heterocycles. The molecule has 2 aromatic carbocycles. The molecule has 33 heavy (non-hydrogen) atoms. The first-order chi connectivity index (χ1) is 16.0. The monoisotopic (exact) mass is 450 g/mol. The molecule has 0 bridgehead atoms. The van der Waals surface area contributed by atoms with Crippen LogP contribution in [-0.2, 0) is 4.79 Å². The van der Waals surface area contributed by atoms with Crippen LogP contribution in [0.2, 0.25) is 0 Å². The first-order valence-electron chi connectivity index (χ1n) is 11.0. The molecule has 1 saturated carbocycles. The van der Waals surface area contributed by atoms with Gasteiger partial charge in [0.1, 0.15) is 17.5 Å². The normalized spacial score (nSPS) is 20.6. The zero-order valence-corrected chi connectivity index (χ0v) is 17.6. The highest BCUT2D eigenvalue weighted by Crippen LogP contribution is 2.49. The Morgan fingerprint density at radius 3 is 2.48 bits per heavy atom. The van der Waals surface area contributed by atoms with Crippen LogP contribution >= 0.6 is 0 Å². The van der Waals surface area contributed by atoms with Crippen LogP contribution in [0.4, 0.5) is 13.2 Å². The van der Waals surface area contributed by atoms with E-state index in [1.807, 2.05) is 21.8 Å². The van der Waals surface area contributed by atoms with E-state index in [0.29, 0.717) is 42.6 Å². The van der Waals surface area contributed by atoms with Crippen molar-refractivity contribution in [1.82, 2.24) is 19.7 Å². The minimum atomic E-state index is -0.670. The molecule has 3 heterocycles. The number of rotatable bonds is 4. The van der Waals surface area contributed by atoms with E-state index in [0.717, 1.165) is 11.6 Å². The lowest BCUT2D eigenvalue weighted by molar-refractivity contribution is -0.145. The SMILES string of the molecule is O=C([C@H]1C[C@H](c2c(-c3ccc(F)cc3)[nH]c3c(F)cc(F)cc32)C1)N1CC(n2cccn2)C1. The van der Waals surface area contributed by atoms with Crippen molar-refractivity contribution in [2.24, 2.45) is 5.92 Å². The van der Waals surface area contributed by atoms with E-state index in [1.165, 1.54) is 18.2 Å². The fraction of sp³-hybridized carbons (Fsp3) is 0.280. The van der Waals surface area contributed by atoms with Gasteiger partial charge >= 0.3 is 0 Å². The summed E-state index contributed by atoms with van der Waals surface area (Å²) < 4.78 is 43.9. The van der Waals surface area contributed by atoms with Gasteiger partial charge in [0.15, 0.2) is 0 Å². The molecule has 2 aromatic heterocycles. The molecule has 1 saturated heterocycles. The lowest BCUT2D eigenvalue weighted by atomic mass is 9.69. The summed E-state index contributed by atoms with van der Waals surface area (Å²) in [6, 6.07) is 10.2. The van der Waals surface area contributed by atoms with Gasteiger partial charge in [-0.05, 0) is 66.3 Å². The Labute approximate surface area is 187 Å². The average molecular weight is 450 g/mol. The zero-order valence-electron chi connectivity index (χ0n) is 17.6. The third kappa shape index (κ3) is 3.32. The fourth-order valence-corrected chi connectivity index (χ4v) is 5.12. The summed E-state index contributed by atoms with van der Waals surface area (Å²) in [4.78, 5) is 17.9. The maximum absolute atomic E-state index is 14.5. The summed E-state index contributed by atoms with van der Waals surface area (Å²) in [6.07, 6.45) is 4.85. The summed E-state index contributed by atoms with van der Waals surface area (Å²) in [7, 11) is 0. The van der Waals surface area contributed by atoms with Gasteiger partial charge in [-0.3, -0.25) is 9.48 Å². The standard InChI is InChI=1S/C25H21F3N4O/c26-17-4-2-14(3-5-17)23-22(20-10-18(27)11-21(28)24(20)30-23)15-8-16(9-15)25(33)31-12-19(13-31)32-7-1-6-29-32/h1-7,10-11,15-16,19,30H,8-9,12-13H2/t15-,16-. The molecule has 1 amide bonds. The second kappa shape index (κ2) is 7.50. The Bertz CT molecular complexity index is 1330. The molecule has 4 aromatic rings. The molecule has 1 aliphatic carbocycles. The van der Waals surface area contributed by atoms with Crippen LogP contribution < -0.4 is 0 Å². The Morgan fingerprint density at radius 2 is 1.79 bits per heavy atom. The zero-order chi connectivity index (χ0) is 22.7. The van der Waals surface area contributed by atoms with Gasteiger partial charge in [-0.25, -0.2) is 13.2 Å². The molecule has 0 radical (unpaired) electrons. The quantitative estimate of drug-likeness (QED) is 0.474. The van der Waals surface area contributed by atoms with Crippen molar-refractivity contribution < 1.29 is 18.0 Å². The maximum atomic E-state index is 14.5. The van der Waals surface area contributed by atoms with E-state index >= 15 is 0 Å². The smallest absolute Gasteiger partial charge is 0.225 e. The van der Waals surface area contributed by atoms with E-state index in [4.69, 9.17) is 0 Å². The van der Waals surface area contributed by atoms with Crippen LogP contribution in [0.15, 0.2) is 54.9 Å². The van der Waals surface area contributed by atoms with Gasteiger partial charge in [-0.1, -0.05) is 0 Å². The summed E-state index contributed by atoms with van der Waals surface area (Å²) in [5.74, 6) is -1.70. The molecule has 2 aliphatic rings. The molecule has 2 fully saturated rings. The molecule has 1 N–H and O–H groups in total. The third-order valence-corrected chi connectivity index (χ3v) is 6.97. The minimum Gasteiger partial charge on any atom is -0.352 e. The van der Waals surface area contributed by atoms with Crippen LogP contribution in [0.25, 0.3) is 22.2 Å². The van der Waals surface area contributed by atoms with Crippen LogP contribution in [0.1, 0.15) is 30.4 Å². The molecule has 5 nitrogen and oxygen atoms in total. The van der Waals surface area contributed by atoms with Crippen LogP contribution in [-0.4, -0.2) is 38.7 Å². The number of carbonyl (C=O) groups excluding carboxylic acids is 1. The number of nitrogens with zero attached hydrogens (tertiary/aromatic N) is 3. The maximum Gasteiger partial charge on any atom is 0.225 e. The molecule has 0 atom stereocenters. The summed E-state index contributed by atoms with van der Waals surface area (Å²) >= 11 is 0.